The number of carbonyl (C=O) groups is 1. The summed E-state index contributed by atoms with van der Waals surface area (Å²) in [5.41, 5.74) is 1.95. The number of aliphatic carboxylic acids is 1. The maximum absolute atomic E-state index is 11.0. The van der Waals surface area contributed by atoms with Crippen molar-refractivity contribution in [2.24, 2.45) is 5.92 Å². The topological polar surface area (TPSA) is 69.6 Å². The molecule has 1 aromatic rings. The molecule has 0 amide bonds. The summed E-state index contributed by atoms with van der Waals surface area (Å²) in [4.78, 5) is 11.0. The lowest BCUT2D eigenvalue weighted by atomic mass is 9.85. The van der Waals surface area contributed by atoms with Crippen molar-refractivity contribution >= 4 is 5.97 Å². The third-order valence-electron chi connectivity index (χ3n) is 3.75. The van der Waals surface area contributed by atoms with Crippen LogP contribution in [0.4, 0.5) is 0 Å². The van der Waals surface area contributed by atoms with E-state index in [4.69, 9.17) is 5.11 Å². The SMILES string of the molecule is CC(C)(C)c1ccc(O)c(C2CC(C(=O)O)CN2)c1. The summed E-state index contributed by atoms with van der Waals surface area (Å²) in [5.74, 6) is -0.916. The Morgan fingerprint density at radius 2 is 2.05 bits per heavy atom. The van der Waals surface area contributed by atoms with Crippen molar-refractivity contribution in [3.63, 3.8) is 0 Å². The summed E-state index contributed by atoms with van der Waals surface area (Å²) in [6.07, 6.45) is 0.524. The highest BCUT2D eigenvalue weighted by Gasteiger charge is 2.32. The van der Waals surface area contributed by atoms with Gasteiger partial charge >= 0.3 is 5.97 Å². The number of nitrogens with one attached hydrogen (secondary N) is 1. The normalized spacial score (nSPS) is 23.5. The lowest BCUT2D eigenvalue weighted by Crippen LogP contribution is -2.18. The summed E-state index contributed by atoms with van der Waals surface area (Å²) in [6.45, 7) is 6.81. The van der Waals surface area contributed by atoms with Gasteiger partial charge < -0.3 is 15.5 Å². The average molecular weight is 263 g/mol. The fourth-order valence-corrected chi connectivity index (χ4v) is 2.46. The summed E-state index contributed by atoms with van der Waals surface area (Å²) < 4.78 is 0. The van der Waals surface area contributed by atoms with Crippen LogP contribution in [-0.2, 0) is 10.2 Å². The Hall–Kier alpha value is -1.55. The molecule has 0 spiro atoms. The number of benzene rings is 1. The van der Waals surface area contributed by atoms with E-state index >= 15 is 0 Å². The number of rotatable bonds is 2. The molecule has 4 heteroatoms. The van der Waals surface area contributed by atoms with E-state index in [2.05, 4.69) is 26.1 Å². The first-order valence-electron chi connectivity index (χ1n) is 6.58. The van der Waals surface area contributed by atoms with Crippen molar-refractivity contribution < 1.29 is 15.0 Å². The molecule has 0 saturated carbocycles. The summed E-state index contributed by atoms with van der Waals surface area (Å²) >= 11 is 0. The van der Waals surface area contributed by atoms with Crippen LogP contribution in [0.5, 0.6) is 5.75 Å². The second-order valence-corrected chi connectivity index (χ2v) is 6.26. The first-order valence-corrected chi connectivity index (χ1v) is 6.58. The molecule has 2 unspecified atom stereocenters. The van der Waals surface area contributed by atoms with E-state index in [1.165, 1.54) is 0 Å². The van der Waals surface area contributed by atoms with Crippen molar-refractivity contribution in [1.29, 1.82) is 0 Å². The molecule has 0 aromatic heterocycles. The zero-order valence-corrected chi connectivity index (χ0v) is 11.6. The van der Waals surface area contributed by atoms with Crippen LogP contribution in [0.3, 0.4) is 0 Å². The monoisotopic (exact) mass is 263 g/mol. The maximum Gasteiger partial charge on any atom is 0.307 e. The second kappa shape index (κ2) is 4.85. The number of aromatic hydroxyl groups is 1. The van der Waals surface area contributed by atoms with Crippen LogP contribution in [0.25, 0.3) is 0 Å². The van der Waals surface area contributed by atoms with E-state index in [-0.39, 0.29) is 23.1 Å². The summed E-state index contributed by atoms with van der Waals surface area (Å²) in [7, 11) is 0. The predicted octanol–water partition coefficient (Wildman–Crippen LogP) is 2.42. The van der Waals surface area contributed by atoms with Gasteiger partial charge in [0.25, 0.3) is 0 Å². The van der Waals surface area contributed by atoms with Crippen LogP contribution < -0.4 is 5.32 Å². The Bertz CT molecular complexity index is 491. The van der Waals surface area contributed by atoms with E-state index in [0.29, 0.717) is 13.0 Å². The van der Waals surface area contributed by atoms with Gasteiger partial charge in [-0.05, 0) is 23.5 Å². The molecule has 0 bridgehead atoms. The molecule has 3 N–H and O–H groups in total. The van der Waals surface area contributed by atoms with Gasteiger partial charge in [-0.2, -0.15) is 0 Å². The van der Waals surface area contributed by atoms with Gasteiger partial charge in [-0.15, -0.1) is 0 Å². The quantitative estimate of drug-likeness (QED) is 0.766. The highest BCUT2D eigenvalue weighted by molar-refractivity contribution is 5.71. The third-order valence-corrected chi connectivity index (χ3v) is 3.75. The largest absolute Gasteiger partial charge is 0.508 e. The van der Waals surface area contributed by atoms with E-state index in [1.54, 1.807) is 6.07 Å². The zero-order chi connectivity index (χ0) is 14.2. The number of hydrogen-bond acceptors (Lipinski definition) is 3. The Morgan fingerprint density at radius 3 is 2.58 bits per heavy atom. The maximum atomic E-state index is 11.0. The first kappa shape index (κ1) is 13.9. The number of phenolic OH excluding ortho intramolecular Hbond substituents is 1. The molecule has 0 aliphatic carbocycles. The molecule has 19 heavy (non-hydrogen) atoms. The van der Waals surface area contributed by atoms with Crippen molar-refractivity contribution in [2.75, 3.05) is 6.54 Å². The molecular weight excluding hydrogens is 242 g/mol. The highest BCUT2D eigenvalue weighted by Crippen LogP contribution is 2.35. The minimum absolute atomic E-state index is 0.00720. The lowest BCUT2D eigenvalue weighted by molar-refractivity contribution is -0.141. The molecule has 1 aliphatic heterocycles. The smallest absolute Gasteiger partial charge is 0.307 e. The molecule has 4 nitrogen and oxygen atoms in total. The molecule has 2 atom stereocenters. The zero-order valence-electron chi connectivity index (χ0n) is 11.6. The standard InChI is InChI=1S/C15H21NO3/c1-15(2,3)10-4-5-13(17)11(7-10)12-6-9(8-16-12)14(18)19/h4-5,7,9,12,16-17H,6,8H2,1-3H3,(H,18,19). The van der Waals surface area contributed by atoms with Gasteiger partial charge in [-0.25, -0.2) is 0 Å². The van der Waals surface area contributed by atoms with Crippen molar-refractivity contribution in [3.8, 4) is 5.75 Å². The van der Waals surface area contributed by atoms with E-state index < -0.39 is 5.97 Å². The molecule has 1 aromatic carbocycles. The first-order chi connectivity index (χ1) is 8.79. The lowest BCUT2D eigenvalue weighted by Gasteiger charge is -2.22. The van der Waals surface area contributed by atoms with Gasteiger partial charge in [0.2, 0.25) is 0 Å². The van der Waals surface area contributed by atoms with Gasteiger partial charge in [0.15, 0.2) is 0 Å². The van der Waals surface area contributed by atoms with E-state index in [0.717, 1.165) is 11.1 Å². The molecule has 0 radical (unpaired) electrons. The molecule has 1 saturated heterocycles. The minimum Gasteiger partial charge on any atom is -0.508 e. The minimum atomic E-state index is -0.776. The number of carboxylic acids is 1. The Balaban J connectivity index is 2.28. The van der Waals surface area contributed by atoms with Crippen LogP contribution in [0.15, 0.2) is 18.2 Å². The molecular formula is C15H21NO3. The third kappa shape index (κ3) is 2.89. The van der Waals surface area contributed by atoms with Gasteiger partial charge in [0.05, 0.1) is 5.92 Å². The van der Waals surface area contributed by atoms with Crippen LogP contribution in [0.1, 0.15) is 44.4 Å². The van der Waals surface area contributed by atoms with Crippen LogP contribution >= 0.6 is 0 Å². The Kier molecular flexibility index (Phi) is 3.54. The number of hydrogen-bond donors (Lipinski definition) is 3. The fraction of sp³-hybridized carbons (Fsp3) is 0.533. The summed E-state index contributed by atoms with van der Waals surface area (Å²) in [5, 5.41) is 22.2. The van der Waals surface area contributed by atoms with Crippen LogP contribution in [-0.4, -0.2) is 22.7 Å². The number of phenols is 1. The van der Waals surface area contributed by atoms with Gasteiger partial charge in [-0.3, -0.25) is 4.79 Å². The van der Waals surface area contributed by atoms with Crippen molar-refractivity contribution in [3.05, 3.63) is 29.3 Å². The molecule has 1 aliphatic rings. The predicted molar refractivity (Wildman–Crippen MR) is 73.3 cm³/mol. The van der Waals surface area contributed by atoms with Gasteiger partial charge in [0.1, 0.15) is 5.75 Å². The van der Waals surface area contributed by atoms with Crippen molar-refractivity contribution in [1.82, 2.24) is 5.32 Å². The molecule has 1 fully saturated rings. The highest BCUT2D eigenvalue weighted by atomic mass is 16.4. The Labute approximate surface area is 113 Å². The molecule has 2 rings (SSSR count). The van der Waals surface area contributed by atoms with Crippen molar-refractivity contribution in [2.45, 2.75) is 38.6 Å². The van der Waals surface area contributed by atoms with E-state index in [9.17, 15) is 9.90 Å². The fourth-order valence-electron chi connectivity index (χ4n) is 2.46. The Morgan fingerprint density at radius 1 is 1.37 bits per heavy atom. The second-order valence-electron chi connectivity index (χ2n) is 6.26. The van der Waals surface area contributed by atoms with Gasteiger partial charge in [-0.1, -0.05) is 32.9 Å². The molecule has 1 heterocycles. The summed E-state index contributed by atoms with van der Waals surface area (Å²) in [6, 6.07) is 5.52. The number of carboxylic acid groups (broad SMARTS) is 1. The van der Waals surface area contributed by atoms with Gasteiger partial charge in [0, 0.05) is 18.2 Å². The molecule has 104 valence electrons. The van der Waals surface area contributed by atoms with Crippen LogP contribution in [0, 0.1) is 5.92 Å². The van der Waals surface area contributed by atoms with Crippen LogP contribution in [0.2, 0.25) is 0 Å². The van der Waals surface area contributed by atoms with E-state index in [1.807, 2.05) is 12.1 Å². The average Bonchev–Trinajstić information content (AvgIpc) is 2.77.